The summed E-state index contributed by atoms with van der Waals surface area (Å²) in [6, 6.07) is 0. The van der Waals surface area contributed by atoms with E-state index in [0.29, 0.717) is 5.92 Å². The molecule has 0 aromatic heterocycles. The summed E-state index contributed by atoms with van der Waals surface area (Å²) in [5.74, 6) is 0.697. The summed E-state index contributed by atoms with van der Waals surface area (Å²) in [6.45, 7) is 11.8. The van der Waals surface area contributed by atoms with Gasteiger partial charge in [-0.1, -0.05) is 33.6 Å². The molecule has 0 bridgehead atoms. The molecule has 1 amide bonds. The van der Waals surface area contributed by atoms with Crippen LogP contribution >= 0.6 is 0 Å². The number of nitrogens with one attached hydrogen (secondary N) is 2. The van der Waals surface area contributed by atoms with E-state index in [-0.39, 0.29) is 5.91 Å². The van der Waals surface area contributed by atoms with Crippen molar-refractivity contribution in [3.05, 3.63) is 0 Å². The Balaban J connectivity index is 4.02. The SMILES string of the molecule is CCNC(C)(C)C(=O)NCC(CC)CC. The van der Waals surface area contributed by atoms with E-state index in [4.69, 9.17) is 0 Å². The zero-order chi connectivity index (χ0) is 11.9. The first kappa shape index (κ1) is 14.4. The second kappa shape index (κ2) is 6.83. The fourth-order valence-corrected chi connectivity index (χ4v) is 1.56. The summed E-state index contributed by atoms with van der Waals surface area (Å²) in [4.78, 5) is 11.8. The fraction of sp³-hybridized carbons (Fsp3) is 0.917. The third-order valence-corrected chi connectivity index (χ3v) is 2.89. The summed E-state index contributed by atoms with van der Waals surface area (Å²) in [5.41, 5.74) is -0.458. The number of hydrogen-bond acceptors (Lipinski definition) is 2. The fourth-order valence-electron chi connectivity index (χ4n) is 1.56. The van der Waals surface area contributed by atoms with Gasteiger partial charge in [-0.15, -0.1) is 0 Å². The Hall–Kier alpha value is -0.570. The Bertz CT molecular complexity index is 186. The lowest BCUT2D eigenvalue weighted by Crippen LogP contribution is -2.53. The first-order valence-corrected chi connectivity index (χ1v) is 6.01. The Morgan fingerprint density at radius 2 is 1.73 bits per heavy atom. The van der Waals surface area contributed by atoms with E-state index >= 15 is 0 Å². The van der Waals surface area contributed by atoms with Crippen LogP contribution < -0.4 is 10.6 Å². The maximum absolute atomic E-state index is 11.8. The van der Waals surface area contributed by atoms with E-state index in [0.717, 1.165) is 25.9 Å². The van der Waals surface area contributed by atoms with E-state index in [1.807, 2.05) is 20.8 Å². The van der Waals surface area contributed by atoms with Crippen molar-refractivity contribution in [3.63, 3.8) is 0 Å². The third kappa shape index (κ3) is 5.17. The lowest BCUT2D eigenvalue weighted by atomic mass is 10.0. The first-order chi connectivity index (χ1) is 6.97. The second-order valence-electron chi connectivity index (χ2n) is 4.55. The zero-order valence-electron chi connectivity index (χ0n) is 10.8. The van der Waals surface area contributed by atoms with Crippen molar-refractivity contribution in [1.29, 1.82) is 0 Å². The highest BCUT2D eigenvalue weighted by molar-refractivity contribution is 5.85. The third-order valence-electron chi connectivity index (χ3n) is 2.89. The molecule has 0 aromatic carbocycles. The smallest absolute Gasteiger partial charge is 0.239 e. The van der Waals surface area contributed by atoms with Crippen LogP contribution in [0.4, 0.5) is 0 Å². The molecule has 0 fully saturated rings. The summed E-state index contributed by atoms with van der Waals surface area (Å²) < 4.78 is 0. The van der Waals surface area contributed by atoms with Crippen LogP contribution in [-0.4, -0.2) is 24.5 Å². The molecule has 0 atom stereocenters. The average molecular weight is 214 g/mol. The Morgan fingerprint density at radius 3 is 2.13 bits per heavy atom. The minimum atomic E-state index is -0.458. The van der Waals surface area contributed by atoms with E-state index in [2.05, 4.69) is 24.5 Å². The van der Waals surface area contributed by atoms with Gasteiger partial charge in [0.05, 0.1) is 5.54 Å². The van der Waals surface area contributed by atoms with Crippen LogP contribution in [0, 0.1) is 5.92 Å². The molecule has 0 radical (unpaired) electrons. The van der Waals surface area contributed by atoms with E-state index in [1.165, 1.54) is 0 Å². The van der Waals surface area contributed by atoms with E-state index in [9.17, 15) is 4.79 Å². The topological polar surface area (TPSA) is 41.1 Å². The summed E-state index contributed by atoms with van der Waals surface area (Å²) in [7, 11) is 0. The van der Waals surface area contributed by atoms with Gasteiger partial charge in [0.15, 0.2) is 0 Å². The molecule has 15 heavy (non-hydrogen) atoms. The predicted molar refractivity (Wildman–Crippen MR) is 64.8 cm³/mol. The van der Waals surface area contributed by atoms with Gasteiger partial charge >= 0.3 is 0 Å². The van der Waals surface area contributed by atoms with Crippen LogP contribution in [0.3, 0.4) is 0 Å². The standard InChI is InChI=1S/C12H26N2O/c1-6-10(7-2)9-13-11(15)12(4,5)14-8-3/h10,14H,6-9H2,1-5H3,(H,13,15). The summed E-state index contributed by atoms with van der Waals surface area (Å²) in [5, 5.41) is 6.18. The summed E-state index contributed by atoms with van der Waals surface area (Å²) in [6.07, 6.45) is 2.25. The van der Waals surface area contributed by atoms with Crippen molar-refractivity contribution in [2.45, 2.75) is 53.0 Å². The van der Waals surface area contributed by atoms with Crippen molar-refractivity contribution in [3.8, 4) is 0 Å². The maximum Gasteiger partial charge on any atom is 0.239 e. The molecular formula is C12H26N2O. The maximum atomic E-state index is 11.8. The van der Waals surface area contributed by atoms with Crippen LogP contribution in [0.5, 0.6) is 0 Å². The van der Waals surface area contributed by atoms with Crippen molar-refractivity contribution in [2.75, 3.05) is 13.1 Å². The van der Waals surface area contributed by atoms with Crippen LogP contribution in [0.25, 0.3) is 0 Å². The number of carbonyl (C=O) groups excluding carboxylic acids is 1. The van der Waals surface area contributed by atoms with Gasteiger partial charge < -0.3 is 10.6 Å². The second-order valence-corrected chi connectivity index (χ2v) is 4.55. The van der Waals surface area contributed by atoms with Crippen molar-refractivity contribution < 1.29 is 4.79 Å². The van der Waals surface area contributed by atoms with Gasteiger partial charge in [-0.2, -0.15) is 0 Å². The monoisotopic (exact) mass is 214 g/mol. The Labute approximate surface area is 94.0 Å². The number of hydrogen-bond donors (Lipinski definition) is 2. The molecule has 3 nitrogen and oxygen atoms in total. The van der Waals surface area contributed by atoms with Crippen LogP contribution in [0.15, 0.2) is 0 Å². The first-order valence-electron chi connectivity index (χ1n) is 6.01. The van der Waals surface area contributed by atoms with Gasteiger partial charge in [0, 0.05) is 6.54 Å². The highest BCUT2D eigenvalue weighted by Gasteiger charge is 2.25. The quantitative estimate of drug-likeness (QED) is 0.680. The molecule has 0 aromatic rings. The Kier molecular flexibility index (Phi) is 6.57. The normalized spacial score (nSPS) is 11.9. The van der Waals surface area contributed by atoms with Crippen LogP contribution in [0.2, 0.25) is 0 Å². The lowest BCUT2D eigenvalue weighted by molar-refractivity contribution is -0.126. The van der Waals surface area contributed by atoms with Gasteiger partial charge in [-0.05, 0) is 26.3 Å². The van der Waals surface area contributed by atoms with Crippen LogP contribution in [-0.2, 0) is 4.79 Å². The minimum Gasteiger partial charge on any atom is -0.354 e. The van der Waals surface area contributed by atoms with Crippen LogP contribution in [0.1, 0.15) is 47.5 Å². The van der Waals surface area contributed by atoms with E-state index < -0.39 is 5.54 Å². The number of likely N-dealkylation sites (N-methyl/N-ethyl adjacent to an activating group) is 1. The minimum absolute atomic E-state index is 0.0938. The van der Waals surface area contributed by atoms with Crippen molar-refractivity contribution >= 4 is 5.91 Å². The van der Waals surface area contributed by atoms with Crippen molar-refractivity contribution in [1.82, 2.24) is 10.6 Å². The van der Waals surface area contributed by atoms with Gasteiger partial charge in [-0.3, -0.25) is 4.79 Å². The summed E-state index contributed by atoms with van der Waals surface area (Å²) >= 11 is 0. The molecular weight excluding hydrogens is 188 g/mol. The molecule has 0 aliphatic rings. The molecule has 90 valence electrons. The molecule has 0 saturated carbocycles. The molecule has 0 unspecified atom stereocenters. The zero-order valence-corrected chi connectivity index (χ0v) is 10.8. The van der Waals surface area contributed by atoms with E-state index in [1.54, 1.807) is 0 Å². The number of rotatable bonds is 7. The largest absolute Gasteiger partial charge is 0.354 e. The average Bonchev–Trinajstić information content (AvgIpc) is 2.19. The van der Waals surface area contributed by atoms with Gasteiger partial charge in [0.2, 0.25) is 5.91 Å². The highest BCUT2D eigenvalue weighted by atomic mass is 16.2. The molecule has 0 aliphatic heterocycles. The predicted octanol–water partition coefficient (Wildman–Crippen LogP) is 1.93. The lowest BCUT2D eigenvalue weighted by Gasteiger charge is -2.25. The molecule has 0 spiro atoms. The molecule has 2 N–H and O–H groups in total. The molecule has 0 heterocycles. The number of carbonyl (C=O) groups is 1. The molecule has 3 heteroatoms. The van der Waals surface area contributed by atoms with Gasteiger partial charge in [0.1, 0.15) is 0 Å². The number of amides is 1. The van der Waals surface area contributed by atoms with Crippen molar-refractivity contribution in [2.24, 2.45) is 5.92 Å². The van der Waals surface area contributed by atoms with Gasteiger partial charge in [-0.25, -0.2) is 0 Å². The van der Waals surface area contributed by atoms with Gasteiger partial charge in [0.25, 0.3) is 0 Å². The Morgan fingerprint density at radius 1 is 1.20 bits per heavy atom. The molecule has 0 aliphatic carbocycles. The highest BCUT2D eigenvalue weighted by Crippen LogP contribution is 2.07. The molecule has 0 saturated heterocycles. The molecule has 0 rings (SSSR count).